The van der Waals surface area contributed by atoms with Crippen molar-refractivity contribution in [2.75, 3.05) is 11.9 Å². The minimum absolute atomic E-state index is 0.688. The molecule has 1 aliphatic heterocycles. The fourth-order valence-electron chi connectivity index (χ4n) is 2.63. The molecular weight excluding hydrogens is 290 g/mol. The van der Waals surface area contributed by atoms with E-state index >= 15 is 0 Å². The lowest BCUT2D eigenvalue weighted by Crippen LogP contribution is -2.13. The largest absolute Gasteiger partial charge is 0.354 e. The number of anilines is 1. The Morgan fingerprint density at radius 2 is 2.18 bits per heavy atom. The number of rotatable bonds is 5. The Labute approximate surface area is 135 Å². The lowest BCUT2D eigenvalue weighted by Gasteiger charge is -2.20. The van der Waals surface area contributed by atoms with E-state index in [0.29, 0.717) is 5.56 Å². The molecule has 0 fully saturated rings. The van der Waals surface area contributed by atoms with Gasteiger partial charge in [0.2, 0.25) is 0 Å². The van der Waals surface area contributed by atoms with Gasteiger partial charge in [-0.15, -0.1) is 11.3 Å². The summed E-state index contributed by atoms with van der Waals surface area (Å²) in [6.07, 6.45) is 2.41. The van der Waals surface area contributed by atoms with Crippen molar-refractivity contribution >= 4 is 22.7 Å². The van der Waals surface area contributed by atoms with Crippen LogP contribution in [0.3, 0.4) is 0 Å². The molecule has 0 radical (unpaired) electrons. The van der Waals surface area contributed by atoms with Gasteiger partial charge in [0.15, 0.2) is 0 Å². The van der Waals surface area contributed by atoms with Gasteiger partial charge in [0.25, 0.3) is 0 Å². The highest BCUT2D eigenvalue weighted by Gasteiger charge is 2.21. The molecule has 112 valence electrons. The molecule has 3 rings (SSSR count). The third-order valence-electron chi connectivity index (χ3n) is 3.79. The van der Waals surface area contributed by atoms with Crippen molar-refractivity contribution in [3.63, 3.8) is 0 Å². The van der Waals surface area contributed by atoms with Crippen molar-refractivity contribution in [1.82, 2.24) is 5.32 Å². The van der Waals surface area contributed by atoms with Crippen LogP contribution in [-0.2, 0) is 6.54 Å². The van der Waals surface area contributed by atoms with Crippen molar-refractivity contribution in [3.8, 4) is 17.2 Å². The lowest BCUT2D eigenvalue weighted by atomic mass is 9.97. The molecule has 4 heteroatoms. The molecule has 0 bridgehead atoms. The Hall–Kier alpha value is -2.09. The van der Waals surface area contributed by atoms with E-state index in [2.05, 4.69) is 36.3 Å². The molecule has 2 heterocycles. The summed E-state index contributed by atoms with van der Waals surface area (Å²) < 4.78 is 0. The minimum atomic E-state index is 0.688. The van der Waals surface area contributed by atoms with Crippen molar-refractivity contribution in [2.45, 2.75) is 26.3 Å². The summed E-state index contributed by atoms with van der Waals surface area (Å²) in [6, 6.07) is 10.2. The van der Waals surface area contributed by atoms with Crippen LogP contribution in [0.5, 0.6) is 0 Å². The van der Waals surface area contributed by atoms with E-state index < -0.39 is 0 Å². The fraction of sp³-hybridized carbons (Fsp3) is 0.278. The second-order valence-electron chi connectivity index (χ2n) is 5.46. The van der Waals surface area contributed by atoms with Crippen LogP contribution in [0.25, 0.3) is 16.8 Å². The van der Waals surface area contributed by atoms with E-state index in [1.807, 2.05) is 18.2 Å². The molecule has 0 unspecified atom stereocenters. The monoisotopic (exact) mass is 309 g/mol. The molecule has 2 N–H and O–H groups in total. The minimum Gasteiger partial charge on any atom is -0.354 e. The summed E-state index contributed by atoms with van der Waals surface area (Å²) in [5, 5.41) is 15.9. The van der Waals surface area contributed by atoms with Gasteiger partial charge in [-0.05, 0) is 37.2 Å². The van der Waals surface area contributed by atoms with Crippen molar-refractivity contribution < 1.29 is 0 Å². The molecule has 1 aromatic carbocycles. The third-order valence-corrected chi connectivity index (χ3v) is 4.98. The number of nitriles is 1. The summed E-state index contributed by atoms with van der Waals surface area (Å²) in [4.78, 5) is 2.48. The highest BCUT2D eigenvalue weighted by atomic mass is 32.1. The molecule has 1 aliphatic rings. The summed E-state index contributed by atoms with van der Waals surface area (Å²) in [7, 11) is 0. The SMILES string of the molecule is C=C1Nc2ccc(C#N)cc2-c2cc(CNCCCC)sc21. The Morgan fingerprint density at radius 1 is 1.32 bits per heavy atom. The molecule has 0 aliphatic carbocycles. The highest BCUT2D eigenvalue weighted by Crippen LogP contribution is 2.44. The standard InChI is InChI=1S/C18H19N3S/c1-3-4-7-20-11-14-9-16-15-8-13(10-19)5-6-17(15)21-12(2)18(16)22-14/h5-6,8-9,20-21H,2-4,7,11H2,1H3. The number of nitrogens with zero attached hydrogens (tertiary/aromatic N) is 1. The summed E-state index contributed by atoms with van der Waals surface area (Å²) in [5.74, 6) is 0. The van der Waals surface area contributed by atoms with E-state index in [-0.39, 0.29) is 0 Å². The summed E-state index contributed by atoms with van der Waals surface area (Å²) >= 11 is 1.77. The quantitative estimate of drug-likeness (QED) is 0.795. The first-order chi connectivity index (χ1) is 10.7. The van der Waals surface area contributed by atoms with Gasteiger partial charge in [-0.3, -0.25) is 0 Å². The van der Waals surface area contributed by atoms with E-state index in [0.717, 1.165) is 30.0 Å². The molecule has 0 saturated heterocycles. The van der Waals surface area contributed by atoms with Crippen LogP contribution < -0.4 is 10.6 Å². The van der Waals surface area contributed by atoms with Crippen molar-refractivity contribution in [1.29, 1.82) is 5.26 Å². The van der Waals surface area contributed by atoms with E-state index in [1.54, 1.807) is 11.3 Å². The highest BCUT2D eigenvalue weighted by molar-refractivity contribution is 7.13. The zero-order chi connectivity index (χ0) is 15.5. The topological polar surface area (TPSA) is 47.9 Å². The Morgan fingerprint density at radius 3 is 2.95 bits per heavy atom. The van der Waals surface area contributed by atoms with E-state index in [4.69, 9.17) is 5.26 Å². The predicted molar refractivity (Wildman–Crippen MR) is 93.7 cm³/mol. The smallest absolute Gasteiger partial charge is 0.0991 e. The molecule has 0 saturated carbocycles. The number of thiophene rings is 1. The number of unbranched alkanes of at least 4 members (excludes halogenated alkanes) is 1. The number of fused-ring (bicyclic) bond motifs is 3. The van der Waals surface area contributed by atoms with Gasteiger partial charge in [-0.1, -0.05) is 19.9 Å². The average Bonchev–Trinajstić information content (AvgIpc) is 2.96. The van der Waals surface area contributed by atoms with Crippen LogP contribution in [0, 0.1) is 11.3 Å². The van der Waals surface area contributed by atoms with E-state index in [9.17, 15) is 0 Å². The van der Waals surface area contributed by atoms with Gasteiger partial charge < -0.3 is 10.6 Å². The van der Waals surface area contributed by atoms with Gasteiger partial charge >= 0.3 is 0 Å². The fourth-order valence-corrected chi connectivity index (χ4v) is 3.70. The zero-order valence-corrected chi connectivity index (χ0v) is 13.5. The van der Waals surface area contributed by atoms with Gasteiger partial charge in [0, 0.05) is 33.9 Å². The maximum Gasteiger partial charge on any atom is 0.0991 e. The van der Waals surface area contributed by atoms with Gasteiger partial charge in [0.05, 0.1) is 16.5 Å². The predicted octanol–water partition coefficient (Wildman–Crippen LogP) is 4.57. The summed E-state index contributed by atoms with van der Waals surface area (Å²) in [6.45, 7) is 8.27. The maximum absolute atomic E-state index is 9.12. The van der Waals surface area contributed by atoms with Crippen LogP contribution >= 0.6 is 11.3 Å². The maximum atomic E-state index is 9.12. The molecule has 1 aromatic heterocycles. The average molecular weight is 309 g/mol. The number of hydrogen-bond donors (Lipinski definition) is 2. The second kappa shape index (κ2) is 6.35. The Balaban J connectivity index is 1.91. The normalized spacial score (nSPS) is 12.3. The van der Waals surface area contributed by atoms with Crippen LogP contribution in [-0.4, -0.2) is 6.54 Å². The van der Waals surface area contributed by atoms with Crippen LogP contribution in [0.2, 0.25) is 0 Å². The third kappa shape index (κ3) is 2.78. The first-order valence-corrected chi connectivity index (χ1v) is 8.39. The van der Waals surface area contributed by atoms with Crippen LogP contribution in [0.15, 0.2) is 30.8 Å². The molecule has 0 atom stereocenters. The van der Waals surface area contributed by atoms with Crippen LogP contribution in [0.1, 0.15) is 35.1 Å². The summed E-state index contributed by atoms with van der Waals surface area (Å²) in [5.41, 5.74) is 4.94. The zero-order valence-electron chi connectivity index (χ0n) is 12.7. The molecule has 2 aromatic rings. The second-order valence-corrected chi connectivity index (χ2v) is 6.60. The first-order valence-electron chi connectivity index (χ1n) is 7.57. The Kier molecular flexibility index (Phi) is 4.28. The Bertz CT molecular complexity index is 752. The lowest BCUT2D eigenvalue weighted by molar-refractivity contribution is 0.646. The molecule has 3 nitrogen and oxygen atoms in total. The van der Waals surface area contributed by atoms with E-state index in [1.165, 1.54) is 28.2 Å². The van der Waals surface area contributed by atoms with Crippen molar-refractivity contribution in [2.24, 2.45) is 0 Å². The first kappa shape index (κ1) is 14.8. The van der Waals surface area contributed by atoms with Gasteiger partial charge in [-0.25, -0.2) is 0 Å². The van der Waals surface area contributed by atoms with Crippen LogP contribution in [0.4, 0.5) is 5.69 Å². The molecule has 0 spiro atoms. The van der Waals surface area contributed by atoms with Gasteiger partial charge in [-0.2, -0.15) is 5.26 Å². The van der Waals surface area contributed by atoms with Gasteiger partial charge in [0.1, 0.15) is 0 Å². The number of nitrogens with one attached hydrogen (secondary N) is 2. The molecule has 22 heavy (non-hydrogen) atoms. The van der Waals surface area contributed by atoms with Crippen molar-refractivity contribution in [3.05, 3.63) is 46.2 Å². The molecule has 0 amide bonds. The molecular formula is C18H19N3S. The number of hydrogen-bond acceptors (Lipinski definition) is 4. The number of benzene rings is 1.